The summed E-state index contributed by atoms with van der Waals surface area (Å²) in [5.74, 6) is 0.658. The summed E-state index contributed by atoms with van der Waals surface area (Å²) in [5, 5.41) is 3.16. The quantitative estimate of drug-likeness (QED) is 0.893. The van der Waals surface area contributed by atoms with Gasteiger partial charge < -0.3 is 5.32 Å². The van der Waals surface area contributed by atoms with Crippen LogP contribution in [0.1, 0.15) is 21.7 Å². The molecule has 1 saturated heterocycles. The van der Waals surface area contributed by atoms with Crippen LogP contribution in [0, 0.1) is 6.92 Å². The maximum absolute atomic E-state index is 11.5. The highest BCUT2D eigenvalue weighted by Gasteiger charge is 2.30. The van der Waals surface area contributed by atoms with Crippen LogP contribution in [0.5, 0.6) is 0 Å². The fourth-order valence-electron chi connectivity index (χ4n) is 2.53. The van der Waals surface area contributed by atoms with Crippen LogP contribution in [0.25, 0.3) is 0 Å². The molecule has 1 N–H and O–H groups in total. The van der Waals surface area contributed by atoms with Gasteiger partial charge in [-0.2, -0.15) is 0 Å². The van der Waals surface area contributed by atoms with Crippen LogP contribution in [0.4, 0.5) is 0 Å². The third-order valence-electron chi connectivity index (χ3n) is 3.67. The molecule has 0 spiro atoms. The van der Waals surface area contributed by atoms with E-state index < -0.39 is 9.84 Å². The number of nitrogens with one attached hydrogen (secondary N) is 1. The van der Waals surface area contributed by atoms with Gasteiger partial charge in [0.2, 0.25) is 0 Å². The third-order valence-corrected chi connectivity index (χ3v) is 6.52. The molecule has 1 aliphatic heterocycles. The number of nitrogens with zero attached hydrogens (tertiary/aromatic N) is 1. The Bertz CT molecular complexity index is 537. The second kappa shape index (κ2) is 5.91. The lowest BCUT2D eigenvalue weighted by atomic mass is 10.2. The first-order chi connectivity index (χ1) is 8.91. The molecule has 1 aromatic rings. The van der Waals surface area contributed by atoms with Gasteiger partial charge in [-0.1, -0.05) is 0 Å². The van der Waals surface area contributed by atoms with Crippen molar-refractivity contribution in [3.05, 3.63) is 21.4 Å². The molecule has 19 heavy (non-hydrogen) atoms. The molecule has 1 atom stereocenters. The number of hydrogen-bond donors (Lipinski definition) is 1. The van der Waals surface area contributed by atoms with Gasteiger partial charge in [0.25, 0.3) is 0 Å². The molecule has 0 saturated carbocycles. The van der Waals surface area contributed by atoms with Crippen LogP contribution in [0.15, 0.2) is 6.07 Å². The average Bonchev–Trinajstić information content (AvgIpc) is 2.83. The molecule has 1 aliphatic rings. The first-order valence-corrected chi connectivity index (χ1v) is 9.18. The van der Waals surface area contributed by atoms with Gasteiger partial charge in [0.15, 0.2) is 9.84 Å². The zero-order valence-electron chi connectivity index (χ0n) is 11.8. The first-order valence-electron chi connectivity index (χ1n) is 6.55. The molecule has 2 heterocycles. The molecule has 108 valence electrons. The maximum atomic E-state index is 11.5. The van der Waals surface area contributed by atoms with E-state index in [9.17, 15) is 8.42 Å². The van der Waals surface area contributed by atoms with E-state index in [0.29, 0.717) is 11.5 Å². The van der Waals surface area contributed by atoms with Gasteiger partial charge in [-0.15, -0.1) is 11.3 Å². The SMILES string of the molecule is CNCc1cc(CN(C)C2CCS(=O)(=O)C2)c(C)s1. The van der Waals surface area contributed by atoms with Crippen molar-refractivity contribution in [2.24, 2.45) is 0 Å². The van der Waals surface area contributed by atoms with Crippen LogP contribution in [-0.2, 0) is 22.9 Å². The zero-order chi connectivity index (χ0) is 14.0. The van der Waals surface area contributed by atoms with Crippen molar-refractivity contribution in [2.45, 2.75) is 32.5 Å². The molecule has 0 aliphatic carbocycles. The lowest BCUT2D eigenvalue weighted by Crippen LogP contribution is -2.32. The van der Waals surface area contributed by atoms with E-state index in [0.717, 1.165) is 19.5 Å². The molecule has 0 aromatic carbocycles. The summed E-state index contributed by atoms with van der Waals surface area (Å²) < 4.78 is 23.0. The molecule has 1 aromatic heterocycles. The monoisotopic (exact) mass is 302 g/mol. The van der Waals surface area contributed by atoms with Gasteiger partial charge in [-0.3, -0.25) is 4.90 Å². The Labute approximate surface area is 119 Å². The number of thiophene rings is 1. The maximum Gasteiger partial charge on any atom is 0.151 e. The fraction of sp³-hybridized carbons (Fsp3) is 0.692. The van der Waals surface area contributed by atoms with Crippen LogP contribution in [0.3, 0.4) is 0 Å². The molecular weight excluding hydrogens is 280 g/mol. The summed E-state index contributed by atoms with van der Waals surface area (Å²) in [4.78, 5) is 4.85. The molecule has 6 heteroatoms. The van der Waals surface area contributed by atoms with E-state index in [1.165, 1.54) is 15.3 Å². The highest BCUT2D eigenvalue weighted by molar-refractivity contribution is 7.91. The number of sulfone groups is 1. The van der Waals surface area contributed by atoms with Crippen molar-refractivity contribution in [3.8, 4) is 0 Å². The van der Waals surface area contributed by atoms with Crippen LogP contribution < -0.4 is 5.32 Å². The third kappa shape index (κ3) is 3.78. The van der Waals surface area contributed by atoms with Crippen molar-refractivity contribution in [2.75, 3.05) is 25.6 Å². The number of rotatable bonds is 5. The molecule has 4 nitrogen and oxygen atoms in total. The second-order valence-electron chi connectivity index (χ2n) is 5.30. The van der Waals surface area contributed by atoms with Gasteiger partial charge in [0, 0.05) is 28.9 Å². The molecule has 2 rings (SSSR count). The van der Waals surface area contributed by atoms with E-state index in [1.54, 1.807) is 0 Å². The zero-order valence-corrected chi connectivity index (χ0v) is 13.4. The molecular formula is C13H22N2O2S2. The average molecular weight is 302 g/mol. The minimum Gasteiger partial charge on any atom is -0.315 e. The number of hydrogen-bond acceptors (Lipinski definition) is 5. The molecule has 1 unspecified atom stereocenters. The van der Waals surface area contributed by atoms with Gasteiger partial charge in [0.05, 0.1) is 11.5 Å². The van der Waals surface area contributed by atoms with Crippen LogP contribution in [0.2, 0.25) is 0 Å². The van der Waals surface area contributed by atoms with Crippen molar-refractivity contribution >= 4 is 21.2 Å². The van der Waals surface area contributed by atoms with E-state index >= 15 is 0 Å². The second-order valence-corrected chi connectivity index (χ2v) is 8.87. The molecule has 0 radical (unpaired) electrons. The smallest absolute Gasteiger partial charge is 0.151 e. The van der Waals surface area contributed by atoms with Crippen molar-refractivity contribution in [1.82, 2.24) is 10.2 Å². The topological polar surface area (TPSA) is 49.4 Å². The van der Waals surface area contributed by atoms with Crippen LogP contribution in [-0.4, -0.2) is 45.0 Å². The summed E-state index contributed by atoms with van der Waals surface area (Å²) in [6.07, 6.45) is 0.769. The summed E-state index contributed by atoms with van der Waals surface area (Å²) >= 11 is 1.82. The molecule has 0 amide bonds. The van der Waals surface area contributed by atoms with Gasteiger partial charge >= 0.3 is 0 Å². The summed E-state index contributed by atoms with van der Waals surface area (Å²) in [6, 6.07) is 2.41. The summed E-state index contributed by atoms with van der Waals surface area (Å²) in [6.45, 7) is 3.87. The summed E-state index contributed by atoms with van der Waals surface area (Å²) in [5.41, 5.74) is 1.32. The van der Waals surface area contributed by atoms with E-state index in [1.807, 2.05) is 25.4 Å². The minimum absolute atomic E-state index is 0.178. The lowest BCUT2D eigenvalue weighted by molar-refractivity contribution is 0.254. The Kier molecular flexibility index (Phi) is 4.66. The summed E-state index contributed by atoms with van der Waals surface area (Å²) in [7, 11) is 1.18. The fourth-order valence-corrected chi connectivity index (χ4v) is 5.40. The lowest BCUT2D eigenvalue weighted by Gasteiger charge is -2.22. The van der Waals surface area contributed by atoms with Crippen molar-refractivity contribution in [1.29, 1.82) is 0 Å². The highest BCUT2D eigenvalue weighted by Crippen LogP contribution is 2.25. The van der Waals surface area contributed by atoms with Gasteiger partial charge in [0.1, 0.15) is 0 Å². The molecule has 1 fully saturated rings. The Morgan fingerprint density at radius 2 is 2.26 bits per heavy atom. The van der Waals surface area contributed by atoms with Gasteiger partial charge in [-0.25, -0.2) is 8.42 Å². The minimum atomic E-state index is -2.80. The first kappa shape index (κ1) is 15.0. The van der Waals surface area contributed by atoms with E-state index in [-0.39, 0.29) is 6.04 Å². The van der Waals surface area contributed by atoms with Crippen molar-refractivity contribution < 1.29 is 8.42 Å². The normalized spacial score (nSPS) is 22.2. The largest absolute Gasteiger partial charge is 0.315 e. The molecule has 0 bridgehead atoms. The van der Waals surface area contributed by atoms with Crippen LogP contribution >= 0.6 is 11.3 Å². The Morgan fingerprint density at radius 1 is 1.53 bits per heavy atom. The van der Waals surface area contributed by atoms with E-state index in [2.05, 4.69) is 23.2 Å². The Hall–Kier alpha value is -0.430. The van der Waals surface area contributed by atoms with E-state index in [4.69, 9.17) is 0 Å². The number of aryl methyl sites for hydroxylation is 1. The van der Waals surface area contributed by atoms with Gasteiger partial charge in [-0.05, 0) is 39.1 Å². The predicted molar refractivity (Wildman–Crippen MR) is 80.3 cm³/mol. The Morgan fingerprint density at radius 3 is 2.84 bits per heavy atom. The highest BCUT2D eigenvalue weighted by atomic mass is 32.2. The predicted octanol–water partition coefficient (Wildman–Crippen LogP) is 1.39. The Balaban J connectivity index is 2.01. The standard InChI is InChI=1S/C13H22N2O2S2/c1-10-11(6-13(18-10)7-14-2)8-15(3)12-4-5-19(16,17)9-12/h6,12,14H,4-5,7-9H2,1-3H3. The van der Waals surface area contributed by atoms with Crippen molar-refractivity contribution in [3.63, 3.8) is 0 Å².